The van der Waals surface area contributed by atoms with Crippen molar-refractivity contribution in [3.8, 4) is 0 Å². The van der Waals surface area contributed by atoms with Crippen LogP contribution in [0.3, 0.4) is 0 Å². The third kappa shape index (κ3) is 4.71. The van der Waals surface area contributed by atoms with E-state index < -0.39 is 0 Å². The molecule has 1 aromatic carbocycles. The number of carbonyl (C=O) groups is 1. The van der Waals surface area contributed by atoms with Crippen molar-refractivity contribution in [2.75, 3.05) is 19.6 Å². The molecule has 1 amide bonds. The van der Waals surface area contributed by atoms with Gasteiger partial charge in [0, 0.05) is 56.6 Å². The molecule has 2 aliphatic rings. The van der Waals surface area contributed by atoms with Crippen molar-refractivity contribution >= 4 is 5.91 Å². The molecule has 2 aromatic heterocycles. The molecule has 33 heavy (non-hydrogen) atoms. The summed E-state index contributed by atoms with van der Waals surface area (Å²) in [5.74, 6) is 0.146. The molecular weight excluding hydrogens is 421 g/mol. The highest BCUT2D eigenvalue weighted by atomic mass is 19.1. The zero-order valence-electron chi connectivity index (χ0n) is 18.3. The van der Waals surface area contributed by atoms with Gasteiger partial charge in [-0.3, -0.25) is 19.5 Å². The second kappa shape index (κ2) is 9.23. The number of aromatic amines is 1. The standard InChI is InChI=1S/C25H26FN5O2/c26-21-6-2-1-5-18(21)12-23(32)31-11-7-19(15-31)24-28-22-16-30(10-8-20(22)25(33)29-24)14-17-4-3-9-27-13-17/h1-6,9,13,19H,7-8,10-12,14-16H2,(H,28,29,33). The average Bonchev–Trinajstić information content (AvgIpc) is 3.32. The summed E-state index contributed by atoms with van der Waals surface area (Å²) in [5, 5.41) is 0. The molecule has 3 aromatic rings. The van der Waals surface area contributed by atoms with E-state index in [0.29, 0.717) is 37.4 Å². The topological polar surface area (TPSA) is 82.2 Å². The molecule has 1 unspecified atom stereocenters. The van der Waals surface area contributed by atoms with Gasteiger partial charge in [0.1, 0.15) is 11.6 Å². The maximum atomic E-state index is 13.9. The van der Waals surface area contributed by atoms with Crippen LogP contribution in [0.2, 0.25) is 0 Å². The molecule has 1 atom stereocenters. The summed E-state index contributed by atoms with van der Waals surface area (Å²) < 4.78 is 13.9. The van der Waals surface area contributed by atoms with Crippen LogP contribution >= 0.6 is 0 Å². The van der Waals surface area contributed by atoms with Crippen molar-refractivity contribution in [2.24, 2.45) is 0 Å². The first-order valence-corrected chi connectivity index (χ1v) is 11.3. The zero-order chi connectivity index (χ0) is 22.8. The molecule has 0 saturated carbocycles. The highest BCUT2D eigenvalue weighted by molar-refractivity contribution is 5.79. The number of fused-ring (bicyclic) bond motifs is 1. The molecule has 0 spiro atoms. The Hall–Kier alpha value is -3.39. The van der Waals surface area contributed by atoms with Crippen LogP contribution < -0.4 is 5.56 Å². The highest BCUT2D eigenvalue weighted by Crippen LogP contribution is 2.26. The molecule has 8 heteroatoms. The lowest BCUT2D eigenvalue weighted by molar-refractivity contribution is -0.129. The van der Waals surface area contributed by atoms with Crippen molar-refractivity contribution < 1.29 is 9.18 Å². The predicted molar refractivity (Wildman–Crippen MR) is 121 cm³/mol. The molecule has 1 fully saturated rings. The Labute approximate surface area is 191 Å². The summed E-state index contributed by atoms with van der Waals surface area (Å²) in [7, 11) is 0. The van der Waals surface area contributed by atoms with Crippen LogP contribution in [-0.4, -0.2) is 50.3 Å². The number of nitrogens with one attached hydrogen (secondary N) is 1. The number of amides is 1. The number of hydrogen-bond acceptors (Lipinski definition) is 5. The Kier molecular flexibility index (Phi) is 6.00. The van der Waals surface area contributed by atoms with Gasteiger partial charge in [0.25, 0.3) is 5.56 Å². The number of halogens is 1. The molecule has 0 aliphatic carbocycles. The maximum absolute atomic E-state index is 13.9. The van der Waals surface area contributed by atoms with E-state index in [4.69, 9.17) is 4.98 Å². The number of pyridine rings is 1. The molecule has 1 N–H and O–H groups in total. The second-order valence-electron chi connectivity index (χ2n) is 8.79. The quantitative estimate of drug-likeness (QED) is 0.650. The average molecular weight is 448 g/mol. The predicted octanol–water partition coefficient (Wildman–Crippen LogP) is 2.42. The van der Waals surface area contributed by atoms with Crippen molar-refractivity contribution in [1.82, 2.24) is 24.8 Å². The van der Waals surface area contributed by atoms with Crippen molar-refractivity contribution in [3.05, 3.63) is 93.2 Å². The molecule has 5 rings (SSSR count). The van der Waals surface area contributed by atoms with Gasteiger partial charge in [-0.25, -0.2) is 9.37 Å². The van der Waals surface area contributed by atoms with Gasteiger partial charge in [-0.2, -0.15) is 0 Å². The molecule has 0 bridgehead atoms. The van der Waals surface area contributed by atoms with E-state index in [9.17, 15) is 14.0 Å². The number of aromatic nitrogens is 3. The van der Waals surface area contributed by atoms with E-state index in [1.165, 1.54) is 6.07 Å². The van der Waals surface area contributed by atoms with Gasteiger partial charge in [-0.15, -0.1) is 0 Å². The van der Waals surface area contributed by atoms with E-state index in [-0.39, 0.29) is 29.6 Å². The first-order valence-electron chi connectivity index (χ1n) is 11.3. The van der Waals surface area contributed by atoms with Crippen molar-refractivity contribution in [1.29, 1.82) is 0 Å². The van der Waals surface area contributed by atoms with Gasteiger partial charge in [-0.1, -0.05) is 24.3 Å². The van der Waals surface area contributed by atoms with E-state index in [2.05, 4.69) is 14.9 Å². The van der Waals surface area contributed by atoms with Gasteiger partial charge in [0.15, 0.2) is 0 Å². The number of nitrogens with zero attached hydrogens (tertiary/aromatic N) is 4. The van der Waals surface area contributed by atoms with Crippen LogP contribution in [0.5, 0.6) is 0 Å². The number of rotatable bonds is 5. The van der Waals surface area contributed by atoms with Crippen LogP contribution in [0.15, 0.2) is 53.6 Å². The molecule has 1 saturated heterocycles. The number of benzene rings is 1. The smallest absolute Gasteiger partial charge is 0.254 e. The van der Waals surface area contributed by atoms with Crippen molar-refractivity contribution in [3.63, 3.8) is 0 Å². The fourth-order valence-electron chi connectivity index (χ4n) is 4.72. The lowest BCUT2D eigenvalue weighted by Gasteiger charge is -2.28. The first-order chi connectivity index (χ1) is 16.1. The van der Waals surface area contributed by atoms with E-state index in [1.54, 1.807) is 29.3 Å². The third-order valence-electron chi connectivity index (χ3n) is 6.53. The normalized spacial score (nSPS) is 18.3. The summed E-state index contributed by atoms with van der Waals surface area (Å²) in [6.45, 7) is 3.23. The Morgan fingerprint density at radius 1 is 1.18 bits per heavy atom. The molecule has 0 radical (unpaired) electrons. The minimum absolute atomic E-state index is 0.0266. The van der Waals surface area contributed by atoms with Gasteiger partial charge in [0.2, 0.25) is 5.91 Å². The first kappa shape index (κ1) is 21.5. The van der Waals surface area contributed by atoms with Gasteiger partial charge < -0.3 is 9.88 Å². The fraction of sp³-hybridized carbons (Fsp3) is 0.360. The Morgan fingerprint density at radius 2 is 2.06 bits per heavy atom. The number of carbonyl (C=O) groups excluding carboxylic acids is 1. The largest absolute Gasteiger partial charge is 0.342 e. The Balaban J connectivity index is 1.27. The summed E-state index contributed by atoms with van der Waals surface area (Å²) in [6, 6.07) is 10.3. The van der Waals surface area contributed by atoms with Gasteiger partial charge >= 0.3 is 0 Å². The van der Waals surface area contributed by atoms with Crippen LogP contribution in [0.4, 0.5) is 4.39 Å². The molecule has 4 heterocycles. The van der Waals surface area contributed by atoms with E-state index in [1.807, 2.05) is 18.3 Å². The third-order valence-corrected chi connectivity index (χ3v) is 6.53. The second-order valence-corrected chi connectivity index (χ2v) is 8.79. The molecule has 7 nitrogen and oxygen atoms in total. The minimum Gasteiger partial charge on any atom is -0.342 e. The van der Waals surface area contributed by atoms with Crippen molar-refractivity contribution in [2.45, 2.75) is 38.3 Å². The monoisotopic (exact) mass is 447 g/mol. The summed E-state index contributed by atoms with van der Waals surface area (Å²) in [4.78, 5) is 41.5. The van der Waals surface area contributed by atoms with Crippen LogP contribution in [0.1, 0.15) is 40.5 Å². The lowest BCUT2D eigenvalue weighted by atomic mass is 10.0. The Morgan fingerprint density at radius 3 is 2.88 bits per heavy atom. The van der Waals surface area contributed by atoms with Crippen LogP contribution in [0, 0.1) is 5.82 Å². The van der Waals surface area contributed by atoms with E-state index in [0.717, 1.165) is 36.3 Å². The molecule has 170 valence electrons. The van der Waals surface area contributed by atoms with Gasteiger partial charge in [0.05, 0.1) is 12.1 Å². The number of H-pyrrole nitrogens is 1. The summed E-state index contributed by atoms with van der Waals surface area (Å²) in [5.41, 5.74) is 3.03. The zero-order valence-corrected chi connectivity index (χ0v) is 18.3. The summed E-state index contributed by atoms with van der Waals surface area (Å²) in [6.07, 6.45) is 5.04. The number of hydrogen-bond donors (Lipinski definition) is 1. The minimum atomic E-state index is -0.363. The van der Waals surface area contributed by atoms with Crippen LogP contribution in [-0.2, 0) is 30.7 Å². The highest BCUT2D eigenvalue weighted by Gasteiger charge is 2.31. The Bertz CT molecular complexity index is 1210. The SMILES string of the molecule is O=C(Cc1ccccc1F)N1CCC(c2nc3c(c(=O)[nH]2)CCN(Cc2cccnc2)C3)C1. The maximum Gasteiger partial charge on any atom is 0.254 e. The van der Waals surface area contributed by atoms with Gasteiger partial charge in [-0.05, 0) is 36.1 Å². The summed E-state index contributed by atoms with van der Waals surface area (Å²) >= 11 is 0. The van der Waals surface area contributed by atoms with E-state index >= 15 is 0 Å². The molecule has 2 aliphatic heterocycles. The fourth-order valence-corrected chi connectivity index (χ4v) is 4.72. The lowest BCUT2D eigenvalue weighted by Crippen LogP contribution is -2.36. The molecular formula is C25H26FN5O2. The number of likely N-dealkylation sites (tertiary alicyclic amines) is 1. The van der Waals surface area contributed by atoms with Crippen LogP contribution in [0.25, 0.3) is 0 Å².